The van der Waals surface area contributed by atoms with E-state index in [1.54, 1.807) is 6.92 Å². The molecule has 15 heavy (non-hydrogen) atoms. The van der Waals surface area contributed by atoms with Gasteiger partial charge in [-0.1, -0.05) is 17.7 Å². The topological polar surface area (TPSA) is 80.4 Å². The third kappa shape index (κ3) is 2.44. The molecule has 0 aromatic heterocycles. The van der Waals surface area contributed by atoms with Crippen molar-refractivity contribution in [3.05, 3.63) is 38.4 Å². The molecule has 0 unspecified atom stereocenters. The van der Waals surface area contributed by atoms with Gasteiger partial charge in [-0.2, -0.15) is 0 Å². The Bertz CT molecular complexity index is 430. The molecule has 0 aliphatic heterocycles. The first-order valence-corrected chi connectivity index (χ1v) is 4.45. The van der Waals surface area contributed by atoms with Crippen LogP contribution in [0.15, 0.2) is 12.1 Å². The van der Waals surface area contributed by atoms with Gasteiger partial charge >= 0.3 is 5.97 Å². The van der Waals surface area contributed by atoms with Crippen molar-refractivity contribution in [3.8, 4) is 0 Å². The van der Waals surface area contributed by atoms with Crippen LogP contribution >= 0.6 is 11.6 Å². The summed E-state index contributed by atoms with van der Waals surface area (Å²) in [6.45, 7) is 1.66. The number of carboxylic acid groups (broad SMARTS) is 1. The molecule has 1 rings (SSSR count). The fourth-order valence-corrected chi connectivity index (χ4v) is 1.56. The van der Waals surface area contributed by atoms with Gasteiger partial charge in [-0.3, -0.25) is 14.9 Å². The molecular weight excluding hydrogens is 222 g/mol. The van der Waals surface area contributed by atoms with Crippen molar-refractivity contribution in [2.75, 3.05) is 0 Å². The highest BCUT2D eigenvalue weighted by molar-refractivity contribution is 6.33. The van der Waals surface area contributed by atoms with Crippen LogP contribution < -0.4 is 0 Å². The summed E-state index contributed by atoms with van der Waals surface area (Å²) in [4.78, 5) is 20.4. The first-order chi connectivity index (χ1) is 6.93. The largest absolute Gasteiger partial charge is 0.481 e. The Balaban J connectivity index is 3.29. The molecule has 6 heteroatoms. The van der Waals surface area contributed by atoms with Gasteiger partial charge in [0.05, 0.1) is 11.3 Å². The van der Waals surface area contributed by atoms with Crippen molar-refractivity contribution in [2.45, 2.75) is 13.3 Å². The van der Waals surface area contributed by atoms with E-state index in [1.165, 1.54) is 12.1 Å². The van der Waals surface area contributed by atoms with Crippen LogP contribution in [0.1, 0.15) is 11.1 Å². The zero-order valence-corrected chi connectivity index (χ0v) is 8.61. The number of hydrogen-bond donors (Lipinski definition) is 1. The molecule has 0 saturated heterocycles. The molecule has 0 aliphatic carbocycles. The molecule has 0 bridgehead atoms. The Labute approximate surface area is 90.4 Å². The van der Waals surface area contributed by atoms with Crippen molar-refractivity contribution >= 4 is 23.3 Å². The number of rotatable bonds is 3. The number of aryl methyl sites for hydroxylation is 1. The molecule has 0 amide bonds. The molecular formula is C9H8ClNO4. The maximum Gasteiger partial charge on any atom is 0.307 e. The summed E-state index contributed by atoms with van der Waals surface area (Å²) in [5.41, 5.74) is 0.657. The second-order valence-electron chi connectivity index (χ2n) is 3.02. The lowest BCUT2D eigenvalue weighted by molar-refractivity contribution is -0.384. The first-order valence-electron chi connectivity index (χ1n) is 4.07. The molecule has 1 aromatic carbocycles. The Kier molecular flexibility index (Phi) is 3.26. The number of carboxylic acids is 1. The van der Waals surface area contributed by atoms with E-state index in [9.17, 15) is 14.9 Å². The molecule has 0 atom stereocenters. The highest BCUT2D eigenvalue weighted by atomic mass is 35.5. The minimum absolute atomic E-state index is 0.0950. The van der Waals surface area contributed by atoms with Crippen molar-refractivity contribution in [1.82, 2.24) is 0 Å². The van der Waals surface area contributed by atoms with Crippen LogP contribution in [0.4, 0.5) is 5.69 Å². The monoisotopic (exact) mass is 229 g/mol. The van der Waals surface area contributed by atoms with E-state index in [4.69, 9.17) is 16.7 Å². The molecule has 0 heterocycles. The summed E-state index contributed by atoms with van der Waals surface area (Å²) in [7, 11) is 0. The number of nitro benzene ring substituents is 1. The third-order valence-electron chi connectivity index (χ3n) is 1.98. The molecule has 0 radical (unpaired) electrons. The number of benzene rings is 1. The fourth-order valence-electron chi connectivity index (χ4n) is 1.21. The number of aliphatic carboxylic acids is 1. The Morgan fingerprint density at radius 2 is 2.20 bits per heavy atom. The van der Waals surface area contributed by atoms with E-state index in [1.807, 2.05) is 0 Å². The second-order valence-corrected chi connectivity index (χ2v) is 3.40. The average Bonchev–Trinajstić information content (AvgIpc) is 2.11. The van der Waals surface area contributed by atoms with E-state index in [0.29, 0.717) is 11.1 Å². The number of hydrogen-bond acceptors (Lipinski definition) is 3. The SMILES string of the molecule is Cc1ccc([N+](=O)[O-])c(Cl)c1CC(=O)O. The summed E-state index contributed by atoms with van der Waals surface area (Å²) in [6.07, 6.45) is -0.313. The summed E-state index contributed by atoms with van der Waals surface area (Å²) >= 11 is 5.75. The molecule has 80 valence electrons. The van der Waals surface area contributed by atoms with Crippen LogP contribution in [0.5, 0.6) is 0 Å². The molecule has 0 saturated carbocycles. The Morgan fingerprint density at radius 3 is 2.67 bits per heavy atom. The minimum Gasteiger partial charge on any atom is -0.481 e. The van der Waals surface area contributed by atoms with E-state index in [-0.39, 0.29) is 17.1 Å². The van der Waals surface area contributed by atoms with Gasteiger partial charge in [-0.25, -0.2) is 0 Å². The summed E-state index contributed by atoms with van der Waals surface area (Å²) < 4.78 is 0. The van der Waals surface area contributed by atoms with Crippen LogP contribution in [0, 0.1) is 17.0 Å². The predicted molar refractivity (Wildman–Crippen MR) is 54.2 cm³/mol. The van der Waals surface area contributed by atoms with E-state index in [0.717, 1.165) is 0 Å². The lowest BCUT2D eigenvalue weighted by Crippen LogP contribution is -2.04. The Hall–Kier alpha value is -1.62. The number of carbonyl (C=O) groups is 1. The first kappa shape index (κ1) is 11.5. The number of halogens is 1. The van der Waals surface area contributed by atoms with Gasteiger partial charge in [0.1, 0.15) is 5.02 Å². The lowest BCUT2D eigenvalue weighted by atomic mass is 10.0. The third-order valence-corrected chi connectivity index (χ3v) is 2.40. The zero-order chi connectivity index (χ0) is 11.6. The average molecular weight is 230 g/mol. The van der Waals surface area contributed by atoms with Gasteiger partial charge in [0.15, 0.2) is 0 Å². The van der Waals surface area contributed by atoms with E-state index >= 15 is 0 Å². The normalized spacial score (nSPS) is 10.0. The van der Waals surface area contributed by atoms with Gasteiger partial charge in [-0.05, 0) is 18.1 Å². The molecule has 5 nitrogen and oxygen atoms in total. The maximum absolute atomic E-state index is 10.5. The molecule has 1 N–H and O–H groups in total. The van der Waals surface area contributed by atoms with Crippen molar-refractivity contribution < 1.29 is 14.8 Å². The van der Waals surface area contributed by atoms with Crippen molar-refractivity contribution in [2.24, 2.45) is 0 Å². The van der Waals surface area contributed by atoms with Crippen LogP contribution in [-0.4, -0.2) is 16.0 Å². The summed E-state index contributed by atoms with van der Waals surface area (Å²) in [5.74, 6) is -1.07. The van der Waals surface area contributed by atoms with Gasteiger partial charge in [0.2, 0.25) is 0 Å². The smallest absolute Gasteiger partial charge is 0.307 e. The fraction of sp³-hybridized carbons (Fsp3) is 0.222. The van der Waals surface area contributed by atoms with Gasteiger partial charge in [0, 0.05) is 6.07 Å². The second kappa shape index (κ2) is 4.27. The molecule has 0 aliphatic rings. The number of nitro groups is 1. The maximum atomic E-state index is 10.5. The highest BCUT2D eigenvalue weighted by Crippen LogP contribution is 2.30. The van der Waals surface area contributed by atoms with Gasteiger partial charge in [-0.15, -0.1) is 0 Å². The zero-order valence-electron chi connectivity index (χ0n) is 7.86. The molecule has 0 fully saturated rings. The van der Waals surface area contributed by atoms with Gasteiger partial charge in [0.25, 0.3) is 5.69 Å². The van der Waals surface area contributed by atoms with Crippen LogP contribution in [0.2, 0.25) is 5.02 Å². The lowest BCUT2D eigenvalue weighted by Gasteiger charge is -2.05. The minimum atomic E-state index is -1.07. The molecule has 0 spiro atoms. The number of nitrogens with zero attached hydrogens (tertiary/aromatic N) is 1. The van der Waals surface area contributed by atoms with Crippen molar-refractivity contribution in [3.63, 3.8) is 0 Å². The Morgan fingerprint density at radius 1 is 1.60 bits per heavy atom. The highest BCUT2D eigenvalue weighted by Gasteiger charge is 2.18. The predicted octanol–water partition coefficient (Wildman–Crippen LogP) is 2.18. The molecule has 1 aromatic rings. The standard InChI is InChI=1S/C9H8ClNO4/c1-5-2-3-7(11(14)15)9(10)6(5)4-8(12)13/h2-3H,4H2,1H3,(H,12,13). The van der Waals surface area contributed by atoms with Crippen molar-refractivity contribution in [1.29, 1.82) is 0 Å². The van der Waals surface area contributed by atoms with Crippen LogP contribution in [-0.2, 0) is 11.2 Å². The van der Waals surface area contributed by atoms with E-state index < -0.39 is 10.9 Å². The van der Waals surface area contributed by atoms with Crippen LogP contribution in [0.25, 0.3) is 0 Å². The summed E-state index contributed by atoms with van der Waals surface area (Å²) in [6, 6.07) is 2.76. The summed E-state index contributed by atoms with van der Waals surface area (Å²) in [5, 5.41) is 19.1. The quantitative estimate of drug-likeness (QED) is 0.636. The van der Waals surface area contributed by atoms with Gasteiger partial charge < -0.3 is 5.11 Å². The van der Waals surface area contributed by atoms with E-state index in [2.05, 4.69) is 0 Å². The van der Waals surface area contributed by atoms with Crippen LogP contribution in [0.3, 0.4) is 0 Å².